The van der Waals surface area contributed by atoms with Crippen molar-refractivity contribution in [2.24, 2.45) is 0 Å². The summed E-state index contributed by atoms with van der Waals surface area (Å²) in [7, 11) is 0. The van der Waals surface area contributed by atoms with Crippen LogP contribution < -0.4 is 5.32 Å². The number of aromatic nitrogens is 4. The van der Waals surface area contributed by atoms with Gasteiger partial charge >= 0.3 is 6.03 Å². The largest absolute Gasteiger partial charge is 0.346 e. The number of rotatable bonds is 3. The molecule has 1 saturated heterocycles. The number of amides is 2. The standard InChI is InChI=1S/C23H22N6O2/c1-15-8-9-18(19-10-11-22-26-25-16(2)28(22)27-19)14-20(15)24-23(30)29-21(12-13-31-29)17-6-4-3-5-7-17/h3-11,14,21H,12-13H2,1-2H3,(H,24,30)/t21-/m0/s1. The molecule has 2 amide bonds. The minimum Gasteiger partial charge on any atom is -0.306 e. The quantitative estimate of drug-likeness (QED) is 0.540. The van der Waals surface area contributed by atoms with Crippen LogP contribution in [0.2, 0.25) is 0 Å². The van der Waals surface area contributed by atoms with E-state index in [4.69, 9.17) is 4.84 Å². The van der Waals surface area contributed by atoms with Gasteiger partial charge in [0.2, 0.25) is 0 Å². The van der Waals surface area contributed by atoms with Gasteiger partial charge in [-0.2, -0.15) is 14.7 Å². The van der Waals surface area contributed by atoms with E-state index in [1.165, 1.54) is 5.06 Å². The normalized spacial score (nSPS) is 16.1. The first-order chi connectivity index (χ1) is 15.1. The average molecular weight is 414 g/mol. The van der Waals surface area contributed by atoms with Crippen LogP contribution >= 0.6 is 0 Å². The van der Waals surface area contributed by atoms with Crippen molar-refractivity contribution in [1.29, 1.82) is 0 Å². The van der Waals surface area contributed by atoms with E-state index in [1.54, 1.807) is 4.52 Å². The molecule has 0 saturated carbocycles. The Balaban J connectivity index is 1.41. The Kier molecular flexibility index (Phi) is 4.83. The second kappa shape index (κ2) is 7.81. The number of hydrogen-bond acceptors (Lipinski definition) is 5. The summed E-state index contributed by atoms with van der Waals surface area (Å²) in [5, 5.41) is 17.2. The van der Waals surface area contributed by atoms with Crippen molar-refractivity contribution < 1.29 is 9.63 Å². The zero-order valence-electron chi connectivity index (χ0n) is 17.3. The van der Waals surface area contributed by atoms with Crippen LogP contribution in [-0.4, -0.2) is 37.5 Å². The Bertz CT molecular complexity index is 1250. The molecule has 1 aliphatic heterocycles. The number of fused-ring (bicyclic) bond motifs is 1. The van der Waals surface area contributed by atoms with Crippen LogP contribution in [0.25, 0.3) is 16.9 Å². The molecule has 1 atom stereocenters. The van der Waals surface area contributed by atoms with Gasteiger partial charge in [-0.25, -0.2) is 4.79 Å². The smallest absolute Gasteiger partial charge is 0.306 e. The molecule has 8 nitrogen and oxygen atoms in total. The predicted octanol–water partition coefficient (Wildman–Crippen LogP) is 4.32. The van der Waals surface area contributed by atoms with Crippen molar-refractivity contribution in [3.63, 3.8) is 0 Å². The van der Waals surface area contributed by atoms with E-state index in [9.17, 15) is 4.79 Å². The lowest BCUT2D eigenvalue weighted by molar-refractivity contribution is -0.0829. The first-order valence-electron chi connectivity index (χ1n) is 10.2. The van der Waals surface area contributed by atoms with Crippen LogP contribution in [0.15, 0.2) is 60.7 Å². The number of anilines is 1. The van der Waals surface area contributed by atoms with Crippen molar-refractivity contribution >= 4 is 17.4 Å². The molecule has 8 heteroatoms. The zero-order chi connectivity index (χ0) is 21.4. The predicted molar refractivity (Wildman–Crippen MR) is 116 cm³/mol. The summed E-state index contributed by atoms with van der Waals surface area (Å²) in [5.74, 6) is 0.718. The lowest BCUT2D eigenvalue weighted by Crippen LogP contribution is -2.33. The highest BCUT2D eigenvalue weighted by atomic mass is 16.7. The molecule has 31 heavy (non-hydrogen) atoms. The second-order valence-electron chi connectivity index (χ2n) is 7.57. The lowest BCUT2D eigenvalue weighted by Gasteiger charge is -2.23. The van der Waals surface area contributed by atoms with Crippen LogP contribution in [-0.2, 0) is 4.84 Å². The van der Waals surface area contributed by atoms with Gasteiger partial charge < -0.3 is 5.32 Å². The Hall–Kier alpha value is -3.78. The van der Waals surface area contributed by atoms with Crippen molar-refractivity contribution in [1.82, 2.24) is 24.9 Å². The van der Waals surface area contributed by atoms with E-state index >= 15 is 0 Å². The molecule has 0 aliphatic carbocycles. The van der Waals surface area contributed by atoms with E-state index in [0.717, 1.165) is 34.6 Å². The Labute approximate surface area is 179 Å². The van der Waals surface area contributed by atoms with Crippen LogP contribution in [0.4, 0.5) is 10.5 Å². The average Bonchev–Trinajstić information content (AvgIpc) is 3.43. The third-order valence-electron chi connectivity index (χ3n) is 5.48. The highest BCUT2D eigenvalue weighted by molar-refractivity contribution is 5.90. The summed E-state index contributed by atoms with van der Waals surface area (Å²) in [6.45, 7) is 4.32. The summed E-state index contributed by atoms with van der Waals surface area (Å²) < 4.78 is 1.70. The van der Waals surface area contributed by atoms with Crippen molar-refractivity contribution in [3.05, 3.63) is 77.6 Å². The fraction of sp³-hybridized carbons (Fsp3) is 0.217. The summed E-state index contributed by atoms with van der Waals surface area (Å²) in [6, 6.07) is 19.2. The summed E-state index contributed by atoms with van der Waals surface area (Å²) in [6.07, 6.45) is 0.763. The number of aryl methyl sites for hydroxylation is 2. The Morgan fingerprint density at radius 3 is 2.74 bits per heavy atom. The van der Waals surface area contributed by atoms with Crippen LogP contribution in [0.1, 0.15) is 29.4 Å². The van der Waals surface area contributed by atoms with Gasteiger partial charge in [-0.1, -0.05) is 42.5 Å². The number of hydrogen-bond donors (Lipinski definition) is 1. The van der Waals surface area contributed by atoms with E-state index in [2.05, 4.69) is 20.6 Å². The molecule has 156 valence electrons. The third kappa shape index (κ3) is 3.62. The second-order valence-corrected chi connectivity index (χ2v) is 7.57. The van der Waals surface area contributed by atoms with Gasteiger partial charge in [-0.05, 0) is 43.2 Å². The molecule has 1 fully saturated rings. The molecule has 5 rings (SSSR count). The summed E-state index contributed by atoms with van der Waals surface area (Å²) in [4.78, 5) is 18.7. The lowest BCUT2D eigenvalue weighted by atomic mass is 10.0. The molecule has 4 aromatic rings. The molecule has 0 unspecified atom stereocenters. The van der Waals surface area contributed by atoms with Gasteiger partial charge in [-0.3, -0.25) is 4.84 Å². The van der Waals surface area contributed by atoms with Gasteiger partial charge in [0.25, 0.3) is 0 Å². The van der Waals surface area contributed by atoms with Crippen LogP contribution in [0, 0.1) is 13.8 Å². The van der Waals surface area contributed by atoms with E-state index in [1.807, 2.05) is 74.5 Å². The molecular formula is C23H22N6O2. The van der Waals surface area contributed by atoms with Gasteiger partial charge in [0.05, 0.1) is 18.3 Å². The van der Waals surface area contributed by atoms with Gasteiger partial charge in [0.1, 0.15) is 0 Å². The number of hydroxylamine groups is 2. The Morgan fingerprint density at radius 1 is 1.06 bits per heavy atom. The fourth-order valence-corrected chi connectivity index (χ4v) is 3.78. The number of nitrogens with zero attached hydrogens (tertiary/aromatic N) is 5. The minimum absolute atomic E-state index is 0.106. The van der Waals surface area contributed by atoms with Gasteiger partial charge in [0, 0.05) is 17.7 Å². The minimum atomic E-state index is -0.287. The number of urea groups is 1. The first-order valence-corrected chi connectivity index (χ1v) is 10.2. The maximum absolute atomic E-state index is 13.0. The van der Waals surface area contributed by atoms with Crippen LogP contribution in [0.5, 0.6) is 0 Å². The zero-order valence-corrected chi connectivity index (χ0v) is 17.3. The SMILES string of the molecule is Cc1ccc(-c2ccc3nnc(C)n3n2)cc1NC(=O)N1OCC[C@H]1c1ccccc1. The van der Waals surface area contributed by atoms with E-state index in [0.29, 0.717) is 17.9 Å². The number of carbonyl (C=O) groups excluding carboxylic acids is 1. The number of carbonyl (C=O) groups is 1. The van der Waals surface area contributed by atoms with Crippen LogP contribution in [0.3, 0.4) is 0 Å². The molecule has 2 aromatic carbocycles. The third-order valence-corrected chi connectivity index (χ3v) is 5.48. The number of benzene rings is 2. The molecule has 1 aliphatic rings. The monoisotopic (exact) mass is 414 g/mol. The molecule has 3 heterocycles. The molecule has 2 aromatic heterocycles. The summed E-state index contributed by atoms with van der Waals surface area (Å²) >= 11 is 0. The fourth-order valence-electron chi connectivity index (χ4n) is 3.78. The maximum Gasteiger partial charge on any atom is 0.346 e. The highest BCUT2D eigenvalue weighted by Crippen LogP contribution is 2.31. The highest BCUT2D eigenvalue weighted by Gasteiger charge is 2.32. The molecule has 0 spiro atoms. The topological polar surface area (TPSA) is 84.7 Å². The first kappa shape index (κ1) is 19.2. The van der Waals surface area contributed by atoms with Crippen molar-refractivity contribution in [3.8, 4) is 11.3 Å². The van der Waals surface area contributed by atoms with E-state index in [-0.39, 0.29) is 12.1 Å². The van der Waals surface area contributed by atoms with E-state index < -0.39 is 0 Å². The molecule has 0 radical (unpaired) electrons. The Morgan fingerprint density at radius 2 is 1.90 bits per heavy atom. The maximum atomic E-state index is 13.0. The van der Waals surface area contributed by atoms with Gasteiger partial charge in [-0.15, -0.1) is 10.2 Å². The van der Waals surface area contributed by atoms with Gasteiger partial charge in [0.15, 0.2) is 11.5 Å². The summed E-state index contributed by atoms with van der Waals surface area (Å²) in [5.41, 5.74) is 5.08. The number of nitrogens with one attached hydrogen (secondary N) is 1. The molecule has 1 N–H and O–H groups in total. The van der Waals surface area contributed by atoms with Crippen molar-refractivity contribution in [2.75, 3.05) is 11.9 Å². The van der Waals surface area contributed by atoms with Crippen molar-refractivity contribution in [2.45, 2.75) is 26.3 Å². The molecular weight excluding hydrogens is 392 g/mol. The molecule has 0 bridgehead atoms.